The smallest absolute Gasteiger partial charge is 0.416 e. The van der Waals surface area contributed by atoms with Crippen molar-refractivity contribution in [2.75, 3.05) is 6.54 Å². The number of carbonyl (C=O) groups is 1. The van der Waals surface area contributed by atoms with E-state index in [0.29, 0.717) is 18.5 Å². The zero-order valence-electron chi connectivity index (χ0n) is 10.8. The molecule has 1 atom stereocenters. The fourth-order valence-electron chi connectivity index (χ4n) is 2.70. The summed E-state index contributed by atoms with van der Waals surface area (Å²) in [5.74, 6) is -0.959. The van der Waals surface area contributed by atoms with Crippen LogP contribution < -0.4 is 5.32 Å². The van der Waals surface area contributed by atoms with Crippen LogP contribution in [0.2, 0.25) is 0 Å². The second kappa shape index (κ2) is 5.44. The molecule has 1 aliphatic heterocycles. The van der Waals surface area contributed by atoms with Gasteiger partial charge >= 0.3 is 12.1 Å². The van der Waals surface area contributed by atoms with E-state index in [4.69, 9.17) is 5.11 Å². The number of piperidine rings is 1. The topological polar surface area (TPSA) is 49.3 Å². The molecule has 1 aromatic rings. The Morgan fingerprint density at radius 2 is 1.90 bits per heavy atom. The summed E-state index contributed by atoms with van der Waals surface area (Å²) in [6.45, 7) is 0.675. The third-order valence-electron chi connectivity index (χ3n) is 3.71. The summed E-state index contributed by atoms with van der Waals surface area (Å²) < 4.78 is 37.7. The third kappa shape index (κ3) is 3.12. The third-order valence-corrected chi connectivity index (χ3v) is 3.71. The van der Waals surface area contributed by atoms with Crippen molar-refractivity contribution in [1.82, 2.24) is 5.32 Å². The first kappa shape index (κ1) is 14.8. The zero-order valence-corrected chi connectivity index (χ0v) is 10.8. The summed E-state index contributed by atoms with van der Waals surface area (Å²) >= 11 is 0. The van der Waals surface area contributed by atoms with Crippen molar-refractivity contribution in [3.8, 4) is 0 Å². The summed E-state index contributed by atoms with van der Waals surface area (Å²) in [7, 11) is 0. The first-order valence-corrected chi connectivity index (χ1v) is 6.48. The lowest BCUT2D eigenvalue weighted by Crippen LogP contribution is -2.47. The van der Waals surface area contributed by atoms with Crippen LogP contribution in [-0.4, -0.2) is 17.6 Å². The molecule has 20 heavy (non-hydrogen) atoms. The molecule has 1 heterocycles. The monoisotopic (exact) mass is 287 g/mol. The SMILES string of the molecule is O=C(O)CC1(c2ccc(C(F)(F)F)cc2)CCCCN1. The van der Waals surface area contributed by atoms with Crippen molar-refractivity contribution in [3.05, 3.63) is 35.4 Å². The van der Waals surface area contributed by atoms with E-state index in [-0.39, 0.29) is 6.42 Å². The molecule has 3 nitrogen and oxygen atoms in total. The average Bonchev–Trinajstić information content (AvgIpc) is 2.38. The second-order valence-corrected chi connectivity index (χ2v) is 5.11. The quantitative estimate of drug-likeness (QED) is 0.898. The van der Waals surface area contributed by atoms with Crippen molar-refractivity contribution in [1.29, 1.82) is 0 Å². The van der Waals surface area contributed by atoms with Gasteiger partial charge in [0, 0.05) is 0 Å². The van der Waals surface area contributed by atoms with Crippen LogP contribution in [0.3, 0.4) is 0 Å². The predicted molar refractivity (Wildman–Crippen MR) is 67.2 cm³/mol. The highest BCUT2D eigenvalue weighted by molar-refractivity contribution is 5.69. The summed E-state index contributed by atoms with van der Waals surface area (Å²) in [5.41, 5.74) is -0.871. The molecular formula is C14H16F3NO2. The van der Waals surface area contributed by atoms with Crippen LogP contribution in [-0.2, 0) is 16.5 Å². The van der Waals surface area contributed by atoms with Crippen LogP contribution in [0.4, 0.5) is 13.2 Å². The number of aliphatic carboxylic acids is 1. The highest BCUT2D eigenvalue weighted by Crippen LogP contribution is 2.36. The van der Waals surface area contributed by atoms with Gasteiger partial charge < -0.3 is 10.4 Å². The Bertz CT molecular complexity index is 476. The Balaban J connectivity index is 2.31. The summed E-state index contributed by atoms with van der Waals surface area (Å²) in [4.78, 5) is 11.1. The maximum Gasteiger partial charge on any atom is 0.416 e. The molecular weight excluding hydrogens is 271 g/mol. The van der Waals surface area contributed by atoms with Gasteiger partial charge in [-0.3, -0.25) is 4.79 Å². The van der Waals surface area contributed by atoms with E-state index in [1.165, 1.54) is 12.1 Å². The maximum atomic E-state index is 12.6. The molecule has 6 heteroatoms. The molecule has 1 fully saturated rings. The number of benzene rings is 1. The number of halogens is 3. The van der Waals surface area contributed by atoms with Crippen LogP contribution in [0.1, 0.15) is 36.8 Å². The zero-order chi connectivity index (χ0) is 14.8. The molecule has 0 aromatic heterocycles. The van der Waals surface area contributed by atoms with E-state index in [2.05, 4.69) is 5.32 Å². The molecule has 0 radical (unpaired) electrons. The number of carboxylic acid groups (broad SMARTS) is 1. The van der Waals surface area contributed by atoms with Crippen molar-refractivity contribution in [2.45, 2.75) is 37.4 Å². The molecule has 2 N–H and O–H groups in total. The van der Waals surface area contributed by atoms with Crippen LogP contribution in [0.25, 0.3) is 0 Å². The molecule has 2 rings (SSSR count). The molecule has 1 unspecified atom stereocenters. The van der Waals surface area contributed by atoms with Gasteiger partial charge in [0.05, 0.1) is 17.5 Å². The number of carboxylic acids is 1. The first-order valence-electron chi connectivity index (χ1n) is 6.48. The molecule has 1 saturated heterocycles. The van der Waals surface area contributed by atoms with Crippen molar-refractivity contribution < 1.29 is 23.1 Å². The molecule has 0 aliphatic carbocycles. The summed E-state index contributed by atoms with van der Waals surface area (Å²) in [6.07, 6.45) is -2.08. The van der Waals surface area contributed by atoms with Gasteiger partial charge in [-0.1, -0.05) is 12.1 Å². The Labute approximate surface area is 114 Å². The molecule has 1 aliphatic rings. The van der Waals surface area contributed by atoms with Crippen molar-refractivity contribution in [3.63, 3.8) is 0 Å². The normalized spacial score (nSPS) is 23.6. The van der Waals surface area contributed by atoms with Gasteiger partial charge in [0.25, 0.3) is 0 Å². The van der Waals surface area contributed by atoms with Crippen molar-refractivity contribution >= 4 is 5.97 Å². The lowest BCUT2D eigenvalue weighted by atomic mass is 9.79. The molecule has 0 amide bonds. The molecule has 0 spiro atoms. The van der Waals surface area contributed by atoms with E-state index < -0.39 is 23.2 Å². The van der Waals surface area contributed by atoms with Crippen molar-refractivity contribution in [2.24, 2.45) is 0 Å². The number of hydrogen-bond donors (Lipinski definition) is 2. The second-order valence-electron chi connectivity index (χ2n) is 5.11. The van der Waals surface area contributed by atoms with Gasteiger partial charge in [0.1, 0.15) is 0 Å². The van der Waals surface area contributed by atoms with Crippen LogP contribution >= 0.6 is 0 Å². The molecule has 0 bridgehead atoms. The molecule has 110 valence electrons. The largest absolute Gasteiger partial charge is 0.481 e. The fraction of sp³-hybridized carbons (Fsp3) is 0.500. The van der Waals surface area contributed by atoms with Gasteiger partial charge in [-0.05, 0) is 43.5 Å². The Morgan fingerprint density at radius 3 is 2.35 bits per heavy atom. The maximum absolute atomic E-state index is 12.6. The van der Waals surface area contributed by atoms with E-state index >= 15 is 0 Å². The van der Waals surface area contributed by atoms with Crippen LogP contribution in [0.5, 0.6) is 0 Å². The highest BCUT2D eigenvalue weighted by atomic mass is 19.4. The number of nitrogens with one attached hydrogen (secondary N) is 1. The van der Waals surface area contributed by atoms with Gasteiger partial charge in [-0.25, -0.2) is 0 Å². The van der Waals surface area contributed by atoms with Gasteiger partial charge in [0.2, 0.25) is 0 Å². The van der Waals surface area contributed by atoms with Crippen LogP contribution in [0.15, 0.2) is 24.3 Å². The minimum Gasteiger partial charge on any atom is -0.481 e. The Morgan fingerprint density at radius 1 is 1.25 bits per heavy atom. The van der Waals surface area contributed by atoms with Gasteiger partial charge in [0.15, 0.2) is 0 Å². The minimum absolute atomic E-state index is 0.127. The Kier molecular flexibility index (Phi) is 4.04. The number of hydrogen-bond acceptors (Lipinski definition) is 2. The van der Waals surface area contributed by atoms with E-state index in [0.717, 1.165) is 25.0 Å². The molecule has 0 saturated carbocycles. The summed E-state index contributed by atoms with van der Waals surface area (Å²) in [5, 5.41) is 12.2. The van der Waals surface area contributed by atoms with Gasteiger partial charge in [-0.15, -0.1) is 0 Å². The predicted octanol–water partition coefficient (Wildman–Crippen LogP) is 3.15. The Hall–Kier alpha value is -1.56. The lowest BCUT2D eigenvalue weighted by molar-refractivity contribution is -0.139. The van der Waals surface area contributed by atoms with Crippen LogP contribution in [0, 0.1) is 0 Å². The molecule has 1 aromatic carbocycles. The first-order chi connectivity index (χ1) is 9.33. The van der Waals surface area contributed by atoms with E-state index in [9.17, 15) is 18.0 Å². The average molecular weight is 287 g/mol. The highest BCUT2D eigenvalue weighted by Gasteiger charge is 2.37. The fourth-order valence-corrected chi connectivity index (χ4v) is 2.70. The number of alkyl halides is 3. The standard InChI is InChI=1S/C14H16F3NO2/c15-14(16,17)11-5-3-10(4-6-11)13(9-12(19)20)7-1-2-8-18-13/h3-6,18H,1-2,7-9H2,(H,19,20). The minimum atomic E-state index is -4.38. The number of rotatable bonds is 3. The lowest BCUT2D eigenvalue weighted by Gasteiger charge is -2.38. The van der Waals surface area contributed by atoms with E-state index in [1.54, 1.807) is 0 Å². The van der Waals surface area contributed by atoms with Gasteiger partial charge in [-0.2, -0.15) is 13.2 Å². The summed E-state index contributed by atoms with van der Waals surface area (Å²) in [6, 6.07) is 4.78. The van der Waals surface area contributed by atoms with E-state index in [1.807, 2.05) is 0 Å².